The molecule has 3 rings (SSSR count). The van der Waals surface area contributed by atoms with Gasteiger partial charge in [-0.2, -0.15) is 0 Å². The van der Waals surface area contributed by atoms with Crippen LogP contribution in [0.2, 0.25) is 5.02 Å². The number of nitrogens with zero attached hydrogens (tertiary/aromatic N) is 3. The van der Waals surface area contributed by atoms with Crippen molar-refractivity contribution in [3.8, 4) is 0 Å². The molecular formula is C17H16ClN5O. The van der Waals surface area contributed by atoms with Gasteiger partial charge in [-0.05, 0) is 17.2 Å². The topological polar surface area (TPSA) is 85.8 Å². The summed E-state index contributed by atoms with van der Waals surface area (Å²) < 4.78 is 1.98. The highest BCUT2D eigenvalue weighted by Crippen LogP contribution is 2.17. The lowest BCUT2D eigenvalue weighted by atomic mass is 10.1. The molecule has 0 aliphatic rings. The first-order chi connectivity index (χ1) is 11.6. The van der Waals surface area contributed by atoms with Crippen molar-refractivity contribution in [2.24, 2.45) is 0 Å². The molecule has 2 aromatic heterocycles. The zero-order valence-corrected chi connectivity index (χ0v) is 13.6. The molecule has 2 heterocycles. The molecule has 0 atom stereocenters. The van der Waals surface area contributed by atoms with E-state index in [0.717, 1.165) is 11.1 Å². The van der Waals surface area contributed by atoms with Gasteiger partial charge in [0.2, 0.25) is 0 Å². The average molecular weight is 342 g/mol. The van der Waals surface area contributed by atoms with Crippen molar-refractivity contribution in [2.45, 2.75) is 13.1 Å². The van der Waals surface area contributed by atoms with Gasteiger partial charge < -0.3 is 15.6 Å². The molecular weight excluding hydrogens is 326 g/mol. The summed E-state index contributed by atoms with van der Waals surface area (Å²) in [6, 6.07) is 9.45. The number of halogens is 1. The molecule has 3 N–H and O–H groups in total. The predicted octanol–water partition coefficient (Wildman–Crippen LogP) is 2.49. The summed E-state index contributed by atoms with van der Waals surface area (Å²) in [6.45, 7) is 1.10. The number of hydrogen-bond donors (Lipinski definition) is 2. The van der Waals surface area contributed by atoms with Crippen LogP contribution in [0.3, 0.4) is 0 Å². The third-order valence-electron chi connectivity index (χ3n) is 3.60. The summed E-state index contributed by atoms with van der Waals surface area (Å²) in [6.07, 6.45) is 6.81. The molecule has 7 heteroatoms. The maximum atomic E-state index is 12.2. The Kier molecular flexibility index (Phi) is 4.77. The van der Waals surface area contributed by atoms with E-state index in [9.17, 15) is 4.79 Å². The average Bonchev–Trinajstić information content (AvgIpc) is 3.09. The maximum Gasteiger partial charge on any atom is 0.253 e. The normalized spacial score (nSPS) is 10.5. The molecule has 0 aliphatic carbocycles. The van der Waals surface area contributed by atoms with Crippen molar-refractivity contribution in [1.29, 1.82) is 0 Å². The van der Waals surface area contributed by atoms with Crippen LogP contribution in [0.4, 0.5) is 5.82 Å². The Labute approximate surface area is 144 Å². The van der Waals surface area contributed by atoms with Crippen LogP contribution in [-0.2, 0) is 13.1 Å². The van der Waals surface area contributed by atoms with Gasteiger partial charge in [0, 0.05) is 31.7 Å². The molecule has 122 valence electrons. The molecule has 24 heavy (non-hydrogen) atoms. The molecule has 1 amide bonds. The molecule has 0 saturated carbocycles. The summed E-state index contributed by atoms with van der Waals surface area (Å²) >= 11 is 5.90. The van der Waals surface area contributed by atoms with Crippen molar-refractivity contribution in [3.63, 3.8) is 0 Å². The fourth-order valence-corrected chi connectivity index (χ4v) is 2.48. The standard InChI is InChI=1S/C17H16ClN5O/c18-15-7-14(9-21-16(15)19)17(24)22-8-12-3-1-2-4-13(12)10-23-6-5-20-11-23/h1-7,9,11H,8,10H2,(H2,19,21)(H,22,24). The largest absolute Gasteiger partial charge is 0.382 e. The van der Waals surface area contributed by atoms with Crippen LogP contribution in [0.25, 0.3) is 0 Å². The molecule has 0 unspecified atom stereocenters. The van der Waals surface area contributed by atoms with E-state index in [-0.39, 0.29) is 16.7 Å². The van der Waals surface area contributed by atoms with Gasteiger partial charge in [-0.1, -0.05) is 35.9 Å². The van der Waals surface area contributed by atoms with E-state index < -0.39 is 0 Å². The number of pyridine rings is 1. The number of nitrogens with two attached hydrogens (primary N) is 1. The van der Waals surface area contributed by atoms with Gasteiger partial charge in [-0.25, -0.2) is 9.97 Å². The van der Waals surface area contributed by atoms with Gasteiger partial charge in [0.1, 0.15) is 5.82 Å². The highest BCUT2D eigenvalue weighted by Gasteiger charge is 2.10. The van der Waals surface area contributed by atoms with Gasteiger partial charge in [0.25, 0.3) is 5.91 Å². The van der Waals surface area contributed by atoms with Gasteiger partial charge in [-0.15, -0.1) is 0 Å². The molecule has 0 fully saturated rings. The smallest absolute Gasteiger partial charge is 0.253 e. The summed E-state index contributed by atoms with van der Waals surface area (Å²) in [4.78, 5) is 20.2. The second-order valence-electron chi connectivity index (χ2n) is 5.28. The van der Waals surface area contributed by atoms with Gasteiger partial charge in [0.15, 0.2) is 0 Å². The van der Waals surface area contributed by atoms with Crippen molar-refractivity contribution >= 4 is 23.3 Å². The number of nitrogen functional groups attached to an aromatic ring is 1. The van der Waals surface area contributed by atoms with Gasteiger partial charge in [0.05, 0.1) is 16.9 Å². The Hall–Kier alpha value is -2.86. The lowest BCUT2D eigenvalue weighted by molar-refractivity contribution is 0.0950. The Morgan fingerprint density at radius 3 is 2.79 bits per heavy atom. The third kappa shape index (κ3) is 3.72. The molecule has 0 bridgehead atoms. The molecule has 0 saturated heterocycles. The summed E-state index contributed by atoms with van der Waals surface area (Å²) in [5.41, 5.74) is 8.08. The Morgan fingerprint density at radius 2 is 2.08 bits per heavy atom. The minimum atomic E-state index is -0.248. The van der Waals surface area contributed by atoms with E-state index in [1.165, 1.54) is 12.3 Å². The maximum absolute atomic E-state index is 12.2. The van der Waals surface area contributed by atoms with Gasteiger partial charge >= 0.3 is 0 Å². The zero-order chi connectivity index (χ0) is 16.9. The number of rotatable bonds is 5. The summed E-state index contributed by atoms with van der Waals surface area (Å²) in [7, 11) is 0. The third-order valence-corrected chi connectivity index (χ3v) is 3.90. The lowest BCUT2D eigenvalue weighted by Crippen LogP contribution is -2.24. The minimum Gasteiger partial charge on any atom is -0.382 e. The lowest BCUT2D eigenvalue weighted by Gasteiger charge is -2.11. The minimum absolute atomic E-state index is 0.207. The second kappa shape index (κ2) is 7.14. The Morgan fingerprint density at radius 1 is 1.29 bits per heavy atom. The highest BCUT2D eigenvalue weighted by atomic mass is 35.5. The number of benzene rings is 1. The van der Waals surface area contributed by atoms with E-state index in [2.05, 4.69) is 15.3 Å². The Balaban J connectivity index is 1.70. The SMILES string of the molecule is Nc1ncc(C(=O)NCc2ccccc2Cn2ccnc2)cc1Cl. The van der Waals surface area contributed by atoms with Crippen LogP contribution >= 0.6 is 11.6 Å². The van der Waals surface area contributed by atoms with E-state index in [0.29, 0.717) is 18.7 Å². The molecule has 0 radical (unpaired) electrons. The quantitative estimate of drug-likeness (QED) is 0.746. The number of aromatic nitrogens is 3. The first-order valence-corrected chi connectivity index (χ1v) is 7.73. The number of imidazole rings is 1. The van der Waals surface area contributed by atoms with E-state index in [4.69, 9.17) is 17.3 Å². The fourth-order valence-electron chi connectivity index (χ4n) is 2.31. The van der Waals surface area contributed by atoms with Crippen LogP contribution in [-0.4, -0.2) is 20.4 Å². The van der Waals surface area contributed by atoms with Crippen LogP contribution in [0.15, 0.2) is 55.2 Å². The van der Waals surface area contributed by atoms with Crippen LogP contribution in [0, 0.1) is 0 Å². The van der Waals surface area contributed by atoms with E-state index >= 15 is 0 Å². The number of nitrogens with one attached hydrogen (secondary N) is 1. The number of carbonyl (C=O) groups is 1. The number of carbonyl (C=O) groups excluding carboxylic acids is 1. The van der Waals surface area contributed by atoms with E-state index in [1.807, 2.05) is 35.0 Å². The molecule has 1 aromatic carbocycles. The number of hydrogen-bond acceptors (Lipinski definition) is 4. The predicted molar refractivity (Wildman–Crippen MR) is 92.6 cm³/mol. The van der Waals surface area contributed by atoms with Crippen molar-refractivity contribution in [2.75, 3.05) is 5.73 Å². The number of amides is 1. The van der Waals surface area contributed by atoms with Crippen LogP contribution in [0.1, 0.15) is 21.5 Å². The van der Waals surface area contributed by atoms with Gasteiger partial charge in [-0.3, -0.25) is 4.79 Å². The second-order valence-corrected chi connectivity index (χ2v) is 5.68. The summed E-state index contributed by atoms with van der Waals surface area (Å²) in [5.74, 6) is -0.0410. The van der Waals surface area contributed by atoms with Crippen molar-refractivity contribution in [1.82, 2.24) is 19.9 Å². The number of anilines is 1. The zero-order valence-electron chi connectivity index (χ0n) is 12.8. The van der Waals surface area contributed by atoms with Crippen molar-refractivity contribution in [3.05, 3.63) is 77.0 Å². The molecule has 0 aliphatic heterocycles. The first kappa shape index (κ1) is 16.0. The first-order valence-electron chi connectivity index (χ1n) is 7.35. The molecule has 3 aromatic rings. The van der Waals surface area contributed by atoms with E-state index in [1.54, 1.807) is 12.5 Å². The highest BCUT2D eigenvalue weighted by molar-refractivity contribution is 6.33. The summed E-state index contributed by atoms with van der Waals surface area (Å²) in [5, 5.41) is 3.15. The van der Waals surface area contributed by atoms with Crippen molar-refractivity contribution < 1.29 is 4.79 Å². The fraction of sp³-hybridized carbons (Fsp3) is 0.118. The Bertz CT molecular complexity index is 848. The molecule has 6 nitrogen and oxygen atoms in total. The monoisotopic (exact) mass is 341 g/mol. The van der Waals surface area contributed by atoms with Crippen LogP contribution in [0.5, 0.6) is 0 Å². The van der Waals surface area contributed by atoms with Crippen LogP contribution < -0.4 is 11.1 Å². The molecule has 0 spiro atoms.